The molecule has 0 bridgehead atoms. The highest BCUT2D eigenvalue weighted by atomic mass is 16.7. The summed E-state index contributed by atoms with van der Waals surface area (Å²) < 4.78 is 21.5. The maximum atomic E-state index is 10.0. The molecule has 176 valence electrons. The Balaban J connectivity index is 1.56. The van der Waals surface area contributed by atoms with Crippen LogP contribution in [0.15, 0.2) is 24.3 Å². The number of ether oxygens (including phenoxy) is 4. The minimum atomic E-state index is -1.55. The van der Waals surface area contributed by atoms with Crippen molar-refractivity contribution < 1.29 is 59.8 Å². The van der Waals surface area contributed by atoms with Crippen LogP contribution in [0.3, 0.4) is 0 Å². The van der Waals surface area contributed by atoms with E-state index in [-0.39, 0.29) is 12.4 Å². The Hall–Kier alpha value is -1.42. The first-order valence-electron chi connectivity index (χ1n) is 9.75. The molecule has 1 aromatic rings. The molecule has 0 aliphatic carbocycles. The van der Waals surface area contributed by atoms with E-state index in [0.29, 0.717) is 5.56 Å². The van der Waals surface area contributed by atoms with Crippen LogP contribution in [0.5, 0.6) is 5.75 Å². The van der Waals surface area contributed by atoms with E-state index in [0.717, 1.165) is 0 Å². The molecule has 1 aromatic carbocycles. The Morgan fingerprint density at radius 3 is 1.65 bits per heavy atom. The second kappa shape index (κ2) is 10.5. The van der Waals surface area contributed by atoms with Crippen LogP contribution in [0.25, 0.3) is 0 Å². The topological polar surface area (TPSA) is 199 Å². The first kappa shape index (κ1) is 24.2. The minimum absolute atomic E-state index is 0.0387. The maximum Gasteiger partial charge on any atom is 0.229 e. The molecule has 2 saturated heterocycles. The molecule has 12 nitrogen and oxygen atoms in total. The highest BCUT2D eigenvalue weighted by Gasteiger charge is 2.45. The standard InChI is InChI=1S/C19H28O12/c20-5-10-12(22)14(24)16(26)18(30-10)28-7-8-1-3-9(4-2-8)29-19-17(27)15(25)13(23)11(6-21)31-19/h1-4,10-27H,5-7H2/t10?,11?,12-,13+,14+,15?,16?,17?,18?,19-/m1/s1. The monoisotopic (exact) mass is 448 g/mol. The van der Waals surface area contributed by atoms with Gasteiger partial charge in [-0.05, 0) is 17.7 Å². The predicted octanol–water partition coefficient (Wildman–Crippen LogP) is -3.82. The van der Waals surface area contributed by atoms with Crippen molar-refractivity contribution in [2.75, 3.05) is 13.2 Å². The van der Waals surface area contributed by atoms with E-state index < -0.39 is 74.6 Å². The lowest BCUT2D eigenvalue weighted by Gasteiger charge is -2.39. The van der Waals surface area contributed by atoms with Gasteiger partial charge in [0.25, 0.3) is 0 Å². The van der Waals surface area contributed by atoms with Gasteiger partial charge in [-0.2, -0.15) is 0 Å². The molecule has 10 atom stereocenters. The Kier molecular flexibility index (Phi) is 8.18. The highest BCUT2D eigenvalue weighted by molar-refractivity contribution is 5.27. The lowest BCUT2D eigenvalue weighted by atomic mass is 9.99. The van der Waals surface area contributed by atoms with Crippen molar-refractivity contribution in [3.8, 4) is 5.75 Å². The fraction of sp³-hybridized carbons (Fsp3) is 0.684. The summed E-state index contributed by atoms with van der Waals surface area (Å²) in [6.07, 6.45) is -13.8. The van der Waals surface area contributed by atoms with Crippen LogP contribution in [-0.4, -0.2) is 115 Å². The molecule has 0 spiro atoms. The minimum Gasteiger partial charge on any atom is -0.462 e. The van der Waals surface area contributed by atoms with Crippen LogP contribution >= 0.6 is 0 Å². The van der Waals surface area contributed by atoms with E-state index in [1.165, 1.54) is 12.1 Å². The van der Waals surface area contributed by atoms with Crippen LogP contribution in [0, 0.1) is 0 Å². The first-order chi connectivity index (χ1) is 14.8. The molecule has 6 unspecified atom stereocenters. The van der Waals surface area contributed by atoms with Crippen LogP contribution in [0.4, 0.5) is 0 Å². The van der Waals surface area contributed by atoms with E-state index in [9.17, 15) is 40.9 Å². The molecule has 0 aromatic heterocycles. The Morgan fingerprint density at radius 2 is 1.13 bits per heavy atom. The number of aliphatic hydroxyl groups excluding tert-OH is 8. The van der Waals surface area contributed by atoms with Gasteiger partial charge in [0, 0.05) is 0 Å². The number of hydrogen-bond donors (Lipinski definition) is 8. The third-order valence-corrected chi connectivity index (χ3v) is 5.29. The van der Waals surface area contributed by atoms with Gasteiger partial charge in [0.05, 0.1) is 19.8 Å². The lowest BCUT2D eigenvalue weighted by molar-refractivity contribution is -0.304. The summed E-state index contributed by atoms with van der Waals surface area (Å²) in [5, 5.41) is 77.6. The van der Waals surface area contributed by atoms with Gasteiger partial charge in [0.2, 0.25) is 6.29 Å². The number of hydrogen-bond acceptors (Lipinski definition) is 12. The third-order valence-electron chi connectivity index (χ3n) is 5.29. The van der Waals surface area contributed by atoms with Crippen molar-refractivity contribution in [3.63, 3.8) is 0 Å². The average molecular weight is 448 g/mol. The van der Waals surface area contributed by atoms with Gasteiger partial charge < -0.3 is 59.8 Å². The van der Waals surface area contributed by atoms with Crippen LogP contribution < -0.4 is 4.74 Å². The zero-order chi connectivity index (χ0) is 22.7. The van der Waals surface area contributed by atoms with E-state index in [1.807, 2.05) is 0 Å². The van der Waals surface area contributed by atoms with Crippen molar-refractivity contribution >= 4 is 0 Å². The molecule has 31 heavy (non-hydrogen) atoms. The summed E-state index contributed by atoms with van der Waals surface area (Å²) in [7, 11) is 0. The largest absolute Gasteiger partial charge is 0.462 e. The van der Waals surface area contributed by atoms with Gasteiger partial charge in [-0.1, -0.05) is 12.1 Å². The normalized spacial score (nSPS) is 41.2. The summed E-state index contributed by atoms with van der Waals surface area (Å²) >= 11 is 0. The van der Waals surface area contributed by atoms with E-state index in [1.54, 1.807) is 12.1 Å². The molecular formula is C19H28O12. The second-order valence-electron chi connectivity index (χ2n) is 7.47. The summed E-state index contributed by atoms with van der Waals surface area (Å²) in [6, 6.07) is 6.24. The number of benzene rings is 1. The summed E-state index contributed by atoms with van der Waals surface area (Å²) in [6.45, 7) is -1.17. The van der Waals surface area contributed by atoms with Gasteiger partial charge in [0.15, 0.2) is 6.29 Å². The van der Waals surface area contributed by atoms with Gasteiger partial charge in [-0.15, -0.1) is 0 Å². The second-order valence-corrected chi connectivity index (χ2v) is 7.47. The molecule has 0 radical (unpaired) electrons. The van der Waals surface area contributed by atoms with Gasteiger partial charge in [0.1, 0.15) is 54.6 Å². The van der Waals surface area contributed by atoms with E-state index in [4.69, 9.17) is 18.9 Å². The molecule has 2 aliphatic heterocycles. The molecule has 2 aliphatic rings. The fourth-order valence-electron chi connectivity index (χ4n) is 3.35. The smallest absolute Gasteiger partial charge is 0.229 e. The fourth-order valence-corrected chi connectivity index (χ4v) is 3.35. The van der Waals surface area contributed by atoms with Gasteiger partial charge >= 0.3 is 0 Å². The van der Waals surface area contributed by atoms with Crippen LogP contribution in [-0.2, 0) is 20.8 Å². The molecule has 2 heterocycles. The summed E-state index contributed by atoms with van der Waals surface area (Å²) in [4.78, 5) is 0. The third kappa shape index (κ3) is 5.32. The van der Waals surface area contributed by atoms with Crippen molar-refractivity contribution in [1.29, 1.82) is 0 Å². The van der Waals surface area contributed by atoms with Gasteiger partial charge in [-0.25, -0.2) is 0 Å². The zero-order valence-corrected chi connectivity index (χ0v) is 16.4. The van der Waals surface area contributed by atoms with Gasteiger partial charge in [-0.3, -0.25) is 0 Å². The van der Waals surface area contributed by atoms with Crippen molar-refractivity contribution in [2.45, 2.75) is 68.0 Å². The average Bonchev–Trinajstić information content (AvgIpc) is 2.78. The lowest BCUT2D eigenvalue weighted by Crippen LogP contribution is -2.60. The maximum absolute atomic E-state index is 10.0. The molecule has 12 heteroatoms. The summed E-state index contributed by atoms with van der Waals surface area (Å²) in [5.41, 5.74) is 0.623. The zero-order valence-electron chi connectivity index (χ0n) is 16.4. The Labute approximate surface area is 177 Å². The summed E-state index contributed by atoms with van der Waals surface area (Å²) in [5.74, 6) is 0.265. The van der Waals surface area contributed by atoms with Crippen molar-refractivity contribution in [2.24, 2.45) is 0 Å². The highest BCUT2D eigenvalue weighted by Crippen LogP contribution is 2.26. The van der Waals surface area contributed by atoms with Crippen molar-refractivity contribution in [3.05, 3.63) is 29.8 Å². The molecule has 2 fully saturated rings. The number of aliphatic hydroxyl groups is 8. The number of rotatable bonds is 7. The predicted molar refractivity (Wildman–Crippen MR) is 99.4 cm³/mol. The van der Waals surface area contributed by atoms with Crippen molar-refractivity contribution in [1.82, 2.24) is 0 Å². The Morgan fingerprint density at radius 1 is 0.645 bits per heavy atom. The SMILES string of the molecule is OCC1O[C@@H](Oc2ccc(COC3OC(CO)[C@@H](O)[C@H](O)C3O)cc2)C(O)C(O)[C@H]1O. The van der Waals surface area contributed by atoms with Crippen LogP contribution in [0.2, 0.25) is 0 Å². The van der Waals surface area contributed by atoms with E-state index >= 15 is 0 Å². The van der Waals surface area contributed by atoms with E-state index in [2.05, 4.69) is 0 Å². The molecule has 8 N–H and O–H groups in total. The Bertz CT molecular complexity index is 683. The molecule has 0 saturated carbocycles. The molecular weight excluding hydrogens is 420 g/mol. The molecule has 3 rings (SSSR count). The quantitative estimate of drug-likeness (QED) is 0.203. The molecule has 0 amide bonds. The van der Waals surface area contributed by atoms with Crippen LogP contribution in [0.1, 0.15) is 5.56 Å². The first-order valence-corrected chi connectivity index (χ1v) is 9.75.